The molecule has 1 saturated heterocycles. The van der Waals surface area contributed by atoms with Crippen LogP contribution < -0.4 is 5.32 Å². The molecule has 110 valence electrons. The van der Waals surface area contributed by atoms with Gasteiger partial charge in [0.05, 0.1) is 11.1 Å². The van der Waals surface area contributed by atoms with Crippen molar-refractivity contribution in [1.82, 2.24) is 15.2 Å². The molecule has 1 atom stereocenters. The third-order valence-electron chi connectivity index (χ3n) is 4.16. The number of nitrogens with one attached hydrogen (secondary N) is 1. The predicted octanol–water partition coefficient (Wildman–Crippen LogP) is 2.31. The molecule has 1 amide bonds. The summed E-state index contributed by atoms with van der Waals surface area (Å²) in [5, 5.41) is 4.33. The van der Waals surface area contributed by atoms with E-state index in [1.807, 2.05) is 42.3 Å². The summed E-state index contributed by atoms with van der Waals surface area (Å²) >= 11 is 0. The van der Waals surface area contributed by atoms with Gasteiger partial charge in [0.2, 0.25) is 0 Å². The zero-order chi connectivity index (χ0) is 14.7. The molecular formula is C17H21N3O. The number of aromatic nitrogens is 1. The number of rotatable bonds is 3. The molecule has 4 nitrogen and oxygen atoms in total. The molecule has 2 heterocycles. The zero-order valence-electron chi connectivity index (χ0n) is 12.4. The third-order valence-corrected chi connectivity index (χ3v) is 4.16. The molecule has 0 bridgehead atoms. The fraction of sp³-hybridized carbons (Fsp3) is 0.412. The van der Waals surface area contributed by atoms with Crippen molar-refractivity contribution in [2.24, 2.45) is 5.92 Å². The maximum absolute atomic E-state index is 12.7. The Morgan fingerprint density at radius 1 is 1.38 bits per heavy atom. The molecule has 4 heteroatoms. The number of carbonyl (C=O) groups excluding carboxylic acids is 1. The van der Waals surface area contributed by atoms with Gasteiger partial charge >= 0.3 is 0 Å². The van der Waals surface area contributed by atoms with Gasteiger partial charge in [0.25, 0.3) is 5.91 Å². The lowest BCUT2D eigenvalue weighted by molar-refractivity contribution is 0.0766. The number of carbonyl (C=O) groups is 1. The number of amides is 1. The Labute approximate surface area is 125 Å². The van der Waals surface area contributed by atoms with Crippen LogP contribution in [0.15, 0.2) is 36.5 Å². The molecule has 0 aliphatic carbocycles. The predicted molar refractivity (Wildman–Crippen MR) is 84.3 cm³/mol. The highest BCUT2D eigenvalue weighted by atomic mass is 16.2. The fourth-order valence-corrected chi connectivity index (χ4v) is 3.04. The Bertz CT molecular complexity index is 629. The molecular weight excluding hydrogens is 262 g/mol. The molecule has 0 spiro atoms. The molecule has 21 heavy (non-hydrogen) atoms. The molecule has 2 aromatic rings. The summed E-state index contributed by atoms with van der Waals surface area (Å²) in [5.41, 5.74) is 1.61. The highest BCUT2D eigenvalue weighted by Gasteiger charge is 2.20. The molecule has 0 saturated carbocycles. The van der Waals surface area contributed by atoms with Crippen molar-refractivity contribution in [3.05, 3.63) is 42.1 Å². The summed E-state index contributed by atoms with van der Waals surface area (Å²) in [7, 11) is 1.89. The second-order valence-corrected chi connectivity index (χ2v) is 5.77. The molecule has 1 aromatic carbocycles. The van der Waals surface area contributed by atoms with E-state index in [9.17, 15) is 4.79 Å². The van der Waals surface area contributed by atoms with Crippen molar-refractivity contribution < 1.29 is 4.79 Å². The van der Waals surface area contributed by atoms with Crippen LogP contribution in [0.5, 0.6) is 0 Å². The first-order valence-corrected chi connectivity index (χ1v) is 7.55. The fourth-order valence-electron chi connectivity index (χ4n) is 3.04. The average molecular weight is 283 g/mol. The molecule has 1 N–H and O–H groups in total. The molecule has 1 aromatic heterocycles. The van der Waals surface area contributed by atoms with E-state index in [0.29, 0.717) is 5.92 Å². The van der Waals surface area contributed by atoms with Crippen molar-refractivity contribution in [3.8, 4) is 0 Å². The van der Waals surface area contributed by atoms with Gasteiger partial charge in [-0.2, -0.15) is 0 Å². The van der Waals surface area contributed by atoms with Gasteiger partial charge in [0, 0.05) is 25.2 Å². The van der Waals surface area contributed by atoms with Gasteiger partial charge in [-0.1, -0.05) is 18.2 Å². The van der Waals surface area contributed by atoms with Gasteiger partial charge in [0.15, 0.2) is 0 Å². The van der Waals surface area contributed by atoms with Gasteiger partial charge in [-0.15, -0.1) is 0 Å². The quantitative estimate of drug-likeness (QED) is 0.940. The Kier molecular flexibility index (Phi) is 4.15. The number of benzene rings is 1. The first kappa shape index (κ1) is 14.0. The minimum atomic E-state index is 0.0826. The van der Waals surface area contributed by atoms with Crippen LogP contribution in [0.3, 0.4) is 0 Å². The Morgan fingerprint density at radius 2 is 2.24 bits per heavy atom. The van der Waals surface area contributed by atoms with Gasteiger partial charge in [-0.05, 0) is 44.0 Å². The number of pyridine rings is 1. The molecule has 1 aliphatic heterocycles. The van der Waals surface area contributed by atoms with Crippen LogP contribution >= 0.6 is 0 Å². The maximum atomic E-state index is 12.7. The number of piperidine rings is 1. The van der Waals surface area contributed by atoms with E-state index in [0.717, 1.165) is 36.1 Å². The SMILES string of the molecule is CN(CC1CCCNC1)C(=O)c1ccnc2ccccc12. The third kappa shape index (κ3) is 3.05. The topological polar surface area (TPSA) is 45.2 Å². The maximum Gasteiger partial charge on any atom is 0.254 e. The summed E-state index contributed by atoms with van der Waals surface area (Å²) < 4.78 is 0. The number of hydrogen-bond donors (Lipinski definition) is 1. The van der Waals surface area contributed by atoms with Crippen molar-refractivity contribution >= 4 is 16.8 Å². The number of fused-ring (bicyclic) bond motifs is 1. The molecule has 3 rings (SSSR count). The number of nitrogens with zero attached hydrogens (tertiary/aromatic N) is 2. The highest BCUT2D eigenvalue weighted by Crippen LogP contribution is 2.19. The Hall–Kier alpha value is -1.94. The smallest absolute Gasteiger partial charge is 0.254 e. The minimum absolute atomic E-state index is 0.0826. The van der Waals surface area contributed by atoms with Crippen molar-refractivity contribution in [2.45, 2.75) is 12.8 Å². The summed E-state index contributed by atoms with van der Waals surface area (Å²) in [6, 6.07) is 9.62. The number of hydrogen-bond acceptors (Lipinski definition) is 3. The van der Waals surface area contributed by atoms with E-state index in [2.05, 4.69) is 10.3 Å². The lowest BCUT2D eigenvalue weighted by Gasteiger charge is -2.28. The molecule has 1 unspecified atom stereocenters. The van der Waals surface area contributed by atoms with Gasteiger partial charge in [-0.3, -0.25) is 9.78 Å². The van der Waals surface area contributed by atoms with Gasteiger partial charge < -0.3 is 10.2 Å². The van der Waals surface area contributed by atoms with E-state index in [1.54, 1.807) is 6.20 Å². The van der Waals surface area contributed by atoms with Crippen LogP contribution in [0.25, 0.3) is 10.9 Å². The van der Waals surface area contributed by atoms with Crippen LogP contribution in [0.4, 0.5) is 0 Å². The Morgan fingerprint density at radius 3 is 3.05 bits per heavy atom. The summed E-state index contributed by atoms with van der Waals surface area (Å²) in [5.74, 6) is 0.639. The largest absolute Gasteiger partial charge is 0.341 e. The number of para-hydroxylation sites is 1. The summed E-state index contributed by atoms with van der Waals surface area (Å²) in [6.07, 6.45) is 4.11. The van der Waals surface area contributed by atoms with E-state index in [4.69, 9.17) is 0 Å². The lowest BCUT2D eigenvalue weighted by Crippen LogP contribution is -2.39. The van der Waals surface area contributed by atoms with E-state index < -0.39 is 0 Å². The van der Waals surface area contributed by atoms with Crippen molar-refractivity contribution in [3.63, 3.8) is 0 Å². The first-order chi connectivity index (χ1) is 10.3. The molecule has 1 aliphatic rings. The first-order valence-electron chi connectivity index (χ1n) is 7.55. The van der Waals surface area contributed by atoms with Crippen LogP contribution in [0.1, 0.15) is 23.2 Å². The monoisotopic (exact) mass is 283 g/mol. The van der Waals surface area contributed by atoms with E-state index in [1.165, 1.54) is 12.8 Å². The average Bonchev–Trinajstić information content (AvgIpc) is 2.54. The molecule has 0 radical (unpaired) electrons. The van der Waals surface area contributed by atoms with Gasteiger partial charge in [-0.25, -0.2) is 0 Å². The van der Waals surface area contributed by atoms with E-state index in [-0.39, 0.29) is 5.91 Å². The highest BCUT2D eigenvalue weighted by molar-refractivity contribution is 6.05. The van der Waals surface area contributed by atoms with Crippen molar-refractivity contribution in [2.75, 3.05) is 26.7 Å². The summed E-state index contributed by atoms with van der Waals surface area (Å²) in [6.45, 7) is 2.92. The normalized spacial score (nSPS) is 18.6. The zero-order valence-corrected chi connectivity index (χ0v) is 12.4. The second-order valence-electron chi connectivity index (χ2n) is 5.77. The lowest BCUT2D eigenvalue weighted by atomic mass is 9.99. The minimum Gasteiger partial charge on any atom is -0.341 e. The van der Waals surface area contributed by atoms with Crippen LogP contribution in [-0.4, -0.2) is 42.5 Å². The Balaban J connectivity index is 1.79. The van der Waals surface area contributed by atoms with Crippen LogP contribution in [0.2, 0.25) is 0 Å². The molecule has 1 fully saturated rings. The van der Waals surface area contributed by atoms with Crippen molar-refractivity contribution in [1.29, 1.82) is 0 Å². The van der Waals surface area contributed by atoms with Crippen LogP contribution in [-0.2, 0) is 0 Å². The second kappa shape index (κ2) is 6.22. The van der Waals surface area contributed by atoms with Crippen LogP contribution in [0, 0.1) is 5.92 Å². The van der Waals surface area contributed by atoms with E-state index >= 15 is 0 Å². The standard InChI is InChI=1S/C17H21N3O/c1-20(12-13-5-4-9-18-11-13)17(21)15-8-10-19-16-7-3-2-6-14(15)16/h2-3,6-8,10,13,18H,4-5,9,11-12H2,1H3. The van der Waals surface area contributed by atoms with Gasteiger partial charge in [0.1, 0.15) is 0 Å². The summed E-state index contributed by atoms with van der Waals surface area (Å²) in [4.78, 5) is 18.9.